The van der Waals surface area contributed by atoms with Crippen molar-refractivity contribution < 1.29 is 0 Å². The summed E-state index contributed by atoms with van der Waals surface area (Å²) < 4.78 is 0. The molecule has 2 N–H and O–H groups in total. The molecule has 0 saturated heterocycles. The lowest BCUT2D eigenvalue weighted by Gasteiger charge is -2.28. The van der Waals surface area contributed by atoms with Gasteiger partial charge in [0.1, 0.15) is 0 Å². The average Bonchev–Trinajstić information content (AvgIpc) is 2.30. The topological polar surface area (TPSA) is 26.0 Å². The van der Waals surface area contributed by atoms with Crippen LogP contribution in [0.2, 0.25) is 5.02 Å². The van der Waals surface area contributed by atoms with Crippen molar-refractivity contribution in [1.82, 2.24) is 0 Å². The number of benzene rings is 1. The van der Waals surface area contributed by atoms with Crippen LogP contribution in [0.5, 0.6) is 0 Å². The maximum absolute atomic E-state index is 6.29. The zero-order chi connectivity index (χ0) is 10.7. The van der Waals surface area contributed by atoms with E-state index in [1.807, 2.05) is 18.2 Å². The Kier molecular flexibility index (Phi) is 3.66. The molecule has 1 fully saturated rings. The Balaban J connectivity index is 2.12. The highest BCUT2D eigenvalue weighted by molar-refractivity contribution is 6.31. The SMILES string of the molecule is NC(c1ccccc1Cl)C1CCCCC1. The van der Waals surface area contributed by atoms with Gasteiger partial charge in [-0.2, -0.15) is 0 Å². The van der Waals surface area contributed by atoms with E-state index in [9.17, 15) is 0 Å². The monoisotopic (exact) mass is 223 g/mol. The summed E-state index contributed by atoms with van der Waals surface area (Å²) in [6.45, 7) is 0. The molecule has 0 heterocycles. The van der Waals surface area contributed by atoms with Crippen LogP contribution in [0.4, 0.5) is 0 Å². The molecule has 1 saturated carbocycles. The minimum absolute atomic E-state index is 0.124. The summed E-state index contributed by atoms with van der Waals surface area (Å²) >= 11 is 6.16. The van der Waals surface area contributed by atoms with E-state index in [2.05, 4.69) is 6.07 Å². The summed E-state index contributed by atoms with van der Waals surface area (Å²) in [6.07, 6.45) is 6.52. The standard InChI is InChI=1S/C13H18ClN/c14-12-9-5-4-8-11(12)13(15)10-6-2-1-3-7-10/h4-5,8-10,13H,1-3,6-7,15H2. The minimum atomic E-state index is 0.124. The number of nitrogens with two attached hydrogens (primary N) is 1. The van der Waals surface area contributed by atoms with Crippen molar-refractivity contribution in [3.63, 3.8) is 0 Å². The van der Waals surface area contributed by atoms with Crippen LogP contribution >= 0.6 is 11.6 Å². The van der Waals surface area contributed by atoms with E-state index in [0.717, 1.165) is 10.6 Å². The Labute approximate surface area is 96.6 Å². The lowest BCUT2D eigenvalue weighted by molar-refractivity contribution is 0.308. The Morgan fingerprint density at radius 2 is 1.80 bits per heavy atom. The Morgan fingerprint density at radius 1 is 1.13 bits per heavy atom. The first-order chi connectivity index (χ1) is 7.29. The molecule has 0 aromatic heterocycles. The van der Waals surface area contributed by atoms with Crippen LogP contribution in [0, 0.1) is 5.92 Å². The van der Waals surface area contributed by atoms with Crippen molar-refractivity contribution in [2.24, 2.45) is 11.7 Å². The zero-order valence-corrected chi connectivity index (χ0v) is 9.71. The predicted molar refractivity (Wildman–Crippen MR) is 65.0 cm³/mol. The smallest absolute Gasteiger partial charge is 0.0453 e. The maximum atomic E-state index is 6.29. The molecule has 0 spiro atoms. The predicted octanol–water partition coefficient (Wildman–Crippen LogP) is 3.92. The fourth-order valence-corrected chi connectivity index (χ4v) is 2.75. The molecule has 1 aliphatic carbocycles. The van der Waals surface area contributed by atoms with Crippen molar-refractivity contribution in [3.05, 3.63) is 34.9 Å². The van der Waals surface area contributed by atoms with Crippen molar-refractivity contribution >= 4 is 11.6 Å². The third-order valence-electron chi connectivity index (χ3n) is 3.42. The van der Waals surface area contributed by atoms with Crippen LogP contribution < -0.4 is 5.73 Å². The highest BCUT2D eigenvalue weighted by atomic mass is 35.5. The van der Waals surface area contributed by atoms with Crippen LogP contribution in [0.25, 0.3) is 0 Å². The van der Waals surface area contributed by atoms with Crippen LogP contribution in [0.1, 0.15) is 43.7 Å². The van der Waals surface area contributed by atoms with Gasteiger partial charge < -0.3 is 5.73 Å². The average molecular weight is 224 g/mol. The van der Waals surface area contributed by atoms with Gasteiger partial charge in [-0.15, -0.1) is 0 Å². The van der Waals surface area contributed by atoms with E-state index < -0.39 is 0 Å². The van der Waals surface area contributed by atoms with E-state index in [-0.39, 0.29) is 6.04 Å². The third-order valence-corrected chi connectivity index (χ3v) is 3.77. The van der Waals surface area contributed by atoms with Crippen molar-refractivity contribution in [3.8, 4) is 0 Å². The first-order valence-corrected chi connectivity index (χ1v) is 6.17. The second-order valence-electron chi connectivity index (χ2n) is 4.45. The first-order valence-electron chi connectivity index (χ1n) is 5.79. The fourth-order valence-electron chi connectivity index (χ4n) is 2.49. The van der Waals surface area contributed by atoms with E-state index in [4.69, 9.17) is 17.3 Å². The van der Waals surface area contributed by atoms with E-state index in [1.54, 1.807) is 0 Å². The molecule has 0 amide bonds. The largest absolute Gasteiger partial charge is 0.324 e. The van der Waals surface area contributed by atoms with Gasteiger partial charge in [0, 0.05) is 11.1 Å². The summed E-state index contributed by atoms with van der Waals surface area (Å²) in [5.74, 6) is 0.624. The van der Waals surface area contributed by atoms with Crippen LogP contribution in [0.3, 0.4) is 0 Å². The molecule has 2 rings (SSSR count). The number of hydrogen-bond acceptors (Lipinski definition) is 1. The van der Waals surface area contributed by atoms with E-state index in [1.165, 1.54) is 32.1 Å². The molecule has 15 heavy (non-hydrogen) atoms. The summed E-state index contributed by atoms with van der Waals surface area (Å²) in [5.41, 5.74) is 7.40. The van der Waals surface area contributed by atoms with Gasteiger partial charge in [-0.3, -0.25) is 0 Å². The Bertz CT molecular complexity index is 318. The summed E-state index contributed by atoms with van der Waals surface area (Å²) in [5, 5.41) is 0.815. The van der Waals surface area contributed by atoms with Crippen LogP contribution in [-0.4, -0.2) is 0 Å². The molecule has 1 aromatic carbocycles. The molecule has 0 bridgehead atoms. The first kappa shape index (κ1) is 11.0. The molecule has 0 aliphatic heterocycles. The van der Waals surface area contributed by atoms with Gasteiger partial charge >= 0.3 is 0 Å². The van der Waals surface area contributed by atoms with Crippen LogP contribution in [0.15, 0.2) is 24.3 Å². The fraction of sp³-hybridized carbons (Fsp3) is 0.538. The van der Waals surface area contributed by atoms with Crippen molar-refractivity contribution in [2.45, 2.75) is 38.1 Å². The summed E-state index contributed by atoms with van der Waals surface area (Å²) in [7, 11) is 0. The van der Waals surface area contributed by atoms with Crippen molar-refractivity contribution in [2.75, 3.05) is 0 Å². The quantitative estimate of drug-likeness (QED) is 0.808. The highest BCUT2D eigenvalue weighted by Gasteiger charge is 2.22. The van der Waals surface area contributed by atoms with Gasteiger partial charge in [-0.25, -0.2) is 0 Å². The van der Waals surface area contributed by atoms with E-state index in [0.29, 0.717) is 5.92 Å². The molecule has 82 valence electrons. The number of rotatable bonds is 2. The lowest BCUT2D eigenvalue weighted by atomic mass is 9.81. The van der Waals surface area contributed by atoms with Crippen molar-refractivity contribution in [1.29, 1.82) is 0 Å². The normalized spacial score (nSPS) is 20.1. The Hall–Kier alpha value is -0.530. The second-order valence-corrected chi connectivity index (χ2v) is 4.85. The molecule has 0 radical (unpaired) electrons. The summed E-state index contributed by atoms with van der Waals surface area (Å²) in [4.78, 5) is 0. The Morgan fingerprint density at radius 3 is 2.47 bits per heavy atom. The zero-order valence-electron chi connectivity index (χ0n) is 8.95. The summed E-state index contributed by atoms with van der Waals surface area (Å²) in [6, 6.07) is 8.09. The second kappa shape index (κ2) is 5.00. The van der Waals surface area contributed by atoms with Gasteiger partial charge in [0.05, 0.1) is 0 Å². The molecule has 1 aliphatic rings. The molecular formula is C13H18ClN. The highest BCUT2D eigenvalue weighted by Crippen LogP contribution is 2.35. The van der Waals surface area contributed by atoms with Crippen LogP contribution in [-0.2, 0) is 0 Å². The lowest BCUT2D eigenvalue weighted by Crippen LogP contribution is -2.23. The number of hydrogen-bond donors (Lipinski definition) is 1. The third kappa shape index (κ3) is 2.53. The molecular weight excluding hydrogens is 206 g/mol. The molecule has 1 atom stereocenters. The van der Waals surface area contributed by atoms with Gasteiger partial charge in [-0.05, 0) is 30.4 Å². The molecule has 1 nitrogen and oxygen atoms in total. The minimum Gasteiger partial charge on any atom is -0.324 e. The molecule has 2 heteroatoms. The molecule has 1 aromatic rings. The van der Waals surface area contributed by atoms with Gasteiger partial charge in [0.15, 0.2) is 0 Å². The number of halogens is 1. The molecule has 1 unspecified atom stereocenters. The maximum Gasteiger partial charge on any atom is 0.0453 e. The van der Waals surface area contributed by atoms with E-state index >= 15 is 0 Å². The van der Waals surface area contributed by atoms with Gasteiger partial charge in [0.2, 0.25) is 0 Å². The van der Waals surface area contributed by atoms with Gasteiger partial charge in [-0.1, -0.05) is 49.1 Å². The van der Waals surface area contributed by atoms with Gasteiger partial charge in [0.25, 0.3) is 0 Å².